The molecule has 28 heavy (non-hydrogen) atoms. The van der Waals surface area contributed by atoms with Crippen molar-refractivity contribution in [3.63, 3.8) is 0 Å². The maximum Gasteiger partial charge on any atom is 0.160 e. The molecular weight excluding hydrogens is 368 g/mol. The van der Waals surface area contributed by atoms with Crippen LogP contribution >= 0.6 is 11.8 Å². The Hall–Kier alpha value is -2.80. The maximum atomic E-state index is 4.78. The third-order valence-corrected chi connectivity index (χ3v) is 5.47. The second-order valence-electron chi connectivity index (χ2n) is 6.69. The summed E-state index contributed by atoms with van der Waals surface area (Å²) in [7, 11) is 0. The lowest BCUT2D eigenvalue weighted by atomic mass is 10.2. The molecule has 2 N–H and O–H groups in total. The summed E-state index contributed by atoms with van der Waals surface area (Å²) in [6, 6.07) is 12.2. The quantitative estimate of drug-likeness (QED) is 0.828. The number of amidine groups is 1. The molecule has 1 aromatic heterocycles. The van der Waals surface area contributed by atoms with Crippen molar-refractivity contribution in [1.29, 1.82) is 0 Å². The van der Waals surface area contributed by atoms with Crippen molar-refractivity contribution in [3.05, 3.63) is 59.6 Å². The normalized spacial score (nSPS) is 18.7. The lowest BCUT2D eigenvalue weighted by Gasteiger charge is -2.27. The van der Waals surface area contributed by atoms with Gasteiger partial charge in [0.25, 0.3) is 0 Å². The molecule has 1 saturated heterocycles. The van der Waals surface area contributed by atoms with Crippen molar-refractivity contribution in [2.45, 2.75) is 13.3 Å². The van der Waals surface area contributed by atoms with Gasteiger partial charge in [-0.3, -0.25) is 5.43 Å². The molecule has 144 valence electrons. The number of aromatic nitrogens is 2. The van der Waals surface area contributed by atoms with Crippen LogP contribution in [0, 0.1) is 0 Å². The molecule has 1 fully saturated rings. The minimum atomic E-state index is 0.674. The molecule has 7 heteroatoms. The fourth-order valence-electron chi connectivity index (χ4n) is 3.00. The van der Waals surface area contributed by atoms with Crippen LogP contribution in [-0.2, 0) is 0 Å². The molecule has 3 heterocycles. The number of rotatable bonds is 4. The molecule has 2 aliphatic heterocycles. The Kier molecular flexibility index (Phi) is 5.92. The summed E-state index contributed by atoms with van der Waals surface area (Å²) in [6.45, 7) is 4.02. The summed E-state index contributed by atoms with van der Waals surface area (Å²) >= 11 is 1.99. The highest BCUT2D eigenvalue weighted by molar-refractivity contribution is 7.99. The van der Waals surface area contributed by atoms with Gasteiger partial charge in [0.1, 0.15) is 11.7 Å². The first-order valence-electron chi connectivity index (χ1n) is 9.47. The number of nitrogens with one attached hydrogen (secondary N) is 2. The SMILES string of the molecule is CC1=CC/C(=N\c2cc(N3CCSCC3)nc(/C=C/c3ccccc3)n2)NN1. The van der Waals surface area contributed by atoms with Gasteiger partial charge in [-0.1, -0.05) is 42.5 Å². The van der Waals surface area contributed by atoms with Gasteiger partial charge in [-0.05, 0) is 18.6 Å². The summed E-state index contributed by atoms with van der Waals surface area (Å²) in [5, 5.41) is 0. The third kappa shape index (κ3) is 4.92. The molecule has 1 aromatic carbocycles. The van der Waals surface area contributed by atoms with Crippen molar-refractivity contribution >= 4 is 41.4 Å². The van der Waals surface area contributed by atoms with Gasteiger partial charge in [-0.2, -0.15) is 11.8 Å². The van der Waals surface area contributed by atoms with Gasteiger partial charge in [0.15, 0.2) is 11.6 Å². The van der Waals surface area contributed by atoms with Crippen molar-refractivity contribution in [1.82, 2.24) is 20.8 Å². The topological polar surface area (TPSA) is 65.4 Å². The highest BCUT2D eigenvalue weighted by Gasteiger charge is 2.15. The maximum absolute atomic E-state index is 4.78. The summed E-state index contributed by atoms with van der Waals surface area (Å²) < 4.78 is 0. The minimum Gasteiger partial charge on any atom is -0.355 e. The standard InChI is InChI=1S/C21H24N6S/c1-16-7-9-19(26-25-16)23-20-15-21(27-11-13-28-14-12-27)24-18(22-20)10-8-17-5-3-2-4-6-17/h2-8,10,15,25H,9,11-14H2,1H3,(H,22,23,24,26)/b10-8+. The molecule has 0 unspecified atom stereocenters. The molecule has 0 saturated carbocycles. The predicted octanol–water partition coefficient (Wildman–Crippen LogP) is 3.63. The van der Waals surface area contributed by atoms with Gasteiger partial charge in [-0.25, -0.2) is 15.0 Å². The number of hydrazine groups is 1. The minimum absolute atomic E-state index is 0.674. The lowest BCUT2D eigenvalue weighted by molar-refractivity contribution is 0.731. The van der Waals surface area contributed by atoms with E-state index in [0.29, 0.717) is 11.6 Å². The average molecular weight is 393 g/mol. The van der Waals surface area contributed by atoms with Gasteiger partial charge < -0.3 is 10.3 Å². The smallest absolute Gasteiger partial charge is 0.160 e. The van der Waals surface area contributed by atoms with Crippen LogP contribution in [0.15, 0.2) is 53.2 Å². The Morgan fingerprint density at radius 3 is 2.64 bits per heavy atom. The Balaban J connectivity index is 1.64. The van der Waals surface area contributed by atoms with E-state index in [1.54, 1.807) is 0 Å². The van der Waals surface area contributed by atoms with Crippen molar-refractivity contribution < 1.29 is 0 Å². The molecule has 0 atom stereocenters. The fraction of sp³-hybridized carbons (Fsp3) is 0.286. The van der Waals surface area contributed by atoms with Crippen LogP contribution in [0.1, 0.15) is 24.7 Å². The second-order valence-corrected chi connectivity index (χ2v) is 7.91. The second kappa shape index (κ2) is 8.93. The van der Waals surface area contributed by atoms with E-state index < -0.39 is 0 Å². The summed E-state index contributed by atoms with van der Waals surface area (Å²) in [5.41, 5.74) is 8.45. The number of hydrogen-bond donors (Lipinski definition) is 2. The van der Waals surface area contributed by atoms with Crippen LogP contribution in [0.5, 0.6) is 0 Å². The Morgan fingerprint density at radius 2 is 1.89 bits per heavy atom. The monoisotopic (exact) mass is 392 g/mol. The van der Waals surface area contributed by atoms with Gasteiger partial charge in [0.2, 0.25) is 0 Å². The molecule has 6 nitrogen and oxygen atoms in total. The highest BCUT2D eigenvalue weighted by Crippen LogP contribution is 2.23. The van der Waals surface area contributed by atoms with E-state index in [1.165, 1.54) is 0 Å². The number of nitrogens with zero attached hydrogens (tertiary/aromatic N) is 4. The van der Waals surface area contributed by atoms with E-state index in [4.69, 9.17) is 9.98 Å². The first-order valence-corrected chi connectivity index (χ1v) is 10.6. The van der Waals surface area contributed by atoms with E-state index in [1.807, 2.05) is 55.1 Å². The molecule has 0 bridgehead atoms. The van der Waals surface area contributed by atoms with Gasteiger partial charge >= 0.3 is 0 Å². The van der Waals surface area contributed by atoms with Crippen LogP contribution in [0.4, 0.5) is 11.6 Å². The van der Waals surface area contributed by atoms with E-state index in [-0.39, 0.29) is 0 Å². The predicted molar refractivity (Wildman–Crippen MR) is 119 cm³/mol. The summed E-state index contributed by atoms with van der Waals surface area (Å²) in [6.07, 6.45) is 6.86. The molecule has 0 aliphatic carbocycles. The van der Waals surface area contributed by atoms with Crippen LogP contribution in [0.2, 0.25) is 0 Å². The first kappa shape index (κ1) is 18.6. The highest BCUT2D eigenvalue weighted by atomic mass is 32.2. The molecule has 0 amide bonds. The fourth-order valence-corrected chi connectivity index (χ4v) is 3.90. The number of anilines is 1. The van der Waals surface area contributed by atoms with Crippen molar-refractivity contribution in [2.75, 3.05) is 29.5 Å². The van der Waals surface area contributed by atoms with Crippen LogP contribution < -0.4 is 15.8 Å². The van der Waals surface area contributed by atoms with Crippen molar-refractivity contribution in [3.8, 4) is 0 Å². The molecule has 2 aliphatic rings. The Morgan fingerprint density at radius 1 is 1.07 bits per heavy atom. The van der Waals surface area contributed by atoms with Gasteiger partial charge in [0.05, 0.1) is 0 Å². The lowest BCUT2D eigenvalue weighted by Crippen LogP contribution is -2.38. The molecule has 0 radical (unpaired) electrons. The molecular formula is C21H24N6S. The third-order valence-electron chi connectivity index (χ3n) is 4.53. The van der Waals surface area contributed by atoms with Crippen LogP contribution in [-0.4, -0.2) is 40.4 Å². The van der Waals surface area contributed by atoms with Gasteiger partial charge in [-0.15, -0.1) is 0 Å². The van der Waals surface area contributed by atoms with Gasteiger partial charge in [0, 0.05) is 42.8 Å². The number of allylic oxidation sites excluding steroid dienone is 1. The Labute approximate surface area is 169 Å². The Bertz CT molecular complexity index is 900. The van der Waals surface area contributed by atoms with E-state index in [2.05, 4.69) is 38.9 Å². The summed E-state index contributed by atoms with van der Waals surface area (Å²) in [4.78, 5) is 16.5. The van der Waals surface area contributed by atoms with E-state index >= 15 is 0 Å². The molecule has 0 spiro atoms. The van der Waals surface area contributed by atoms with E-state index in [9.17, 15) is 0 Å². The van der Waals surface area contributed by atoms with E-state index in [0.717, 1.165) is 53.9 Å². The van der Waals surface area contributed by atoms with Crippen molar-refractivity contribution in [2.24, 2.45) is 4.99 Å². The number of hydrogen-bond acceptors (Lipinski definition) is 6. The zero-order valence-electron chi connectivity index (χ0n) is 15.9. The largest absolute Gasteiger partial charge is 0.355 e. The van der Waals surface area contributed by atoms with Crippen LogP contribution in [0.3, 0.4) is 0 Å². The number of aliphatic imine (C=N–C) groups is 1. The zero-order chi connectivity index (χ0) is 19.2. The van der Waals surface area contributed by atoms with Crippen LogP contribution in [0.25, 0.3) is 12.2 Å². The summed E-state index contributed by atoms with van der Waals surface area (Å²) in [5.74, 6) is 5.39. The average Bonchev–Trinajstić information content (AvgIpc) is 2.75. The first-order chi connectivity index (χ1) is 13.8. The molecule has 2 aromatic rings. The zero-order valence-corrected chi connectivity index (χ0v) is 16.7. The number of thioether (sulfide) groups is 1. The molecule has 4 rings (SSSR count). The number of benzene rings is 1.